The van der Waals surface area contributed by atoms with E-state index in [0.717, 1.165) is 0 Å². The van der Waals surface area contributed by atoms with Crippen molar-refractivity contribution in [3.8, 4) is 0 Å². The molecular weight excluding hydrogens is 182 g/mol. The topological polar surface area (TPSA) is 3.24 Å². The maximum absolute atomic E-state index is 2.63. The number of hydrogen-bond donors (Lipinski definition) is 0. The molecule has 1 unspecified atom stereocenters. The summed E-state index contributed by atoms with van der Waals surface area (Å²) in [6, 6.07) is 11.5. The lowest BCUT2D eigenvalue weighted by molar-refractivity contribution is 0.219. The number of nitrogens with zero attached hydrogens (tertiary/aromatic N) is 1. The molecule has 1 aliphatic rings. The first-order valence-electron chi connectivity index (χ1n) is 6.17. The zero-order valence-electron chi connectivity index (χ0n) is 9.65. The highest BCUT2D eigenvalue weighted by atomic mass is 15.1. The van der Waals surface area contributed by atoms with Gasteiger partial charge in [-0.2, -0.15) is 0 Å². The van der Waals surface area contributed by atoms with Gasteiger partial charge in [0.25, 0.3) is 0 Å². The smallest absolute Gasteiger partial charge is 0.0319 e. The minimum atomic E-state index is 0.587. The highest BCUT2D eigenvalue weighted by Gasteiger charge is 2.16. The molecule has 2 rings (SSSR count). The van der Waals surface area contributed by atoms with E-state index < -0.39 is 0 Å². The molecule has 0 radical (unpaired) electrons. The molecule has 1 aliphatic heterocycles. The predicted octanol–water partition coefficient (Wildman–Crippen LogP) is 3.62. The Balaban J connectivity index is 2.03. The fraction of sp³-hybridized carbons (Fsp3) is 0.571. The van der Waals surface area contributed by atoms with Crippen LogP contribution >= 0.6 is 0 Å². The second-order valence-corrected chi connectivity index (χ2v) is 4.54. The van der Waals surface area contributed by atoms with Crippen LogP contribution in [-0.2, 0) is 0 Å². The van der Waals surface area contributed by atoms with Crippen molar-refractivity contribution in [1.82, 2.24) is 4.90 Å². The number of benzene rings is 1. The summed E-state index contributed by atoms with van der Waals surface area (Å²) in [6.45, 7) is 4.88. The summed E-state index contributed by atoms with van der Waals surface area (Å²) >= 11 is 0. The molecule has 1 aromatic rings. The van der Waals surface area contributed by atoms with E-state index in [1.165, 1.54) is 44.3 Å². The molecule has 0 bridgehead atoms. The Morgan fingerprint density at radius 2 is 1.53 bits per heavy atom. The van der Waals surface area contributed by atoms with E-state index >= 15 is 0 Å². The normalized spacial score (nSPS) is 20.9. The van der Waals surface area contributed by atoms with Gasteiger partial charge in [0.15, 0.2) is 0 Å². The van der Waals surface area contributed by atoms with E-state index in [-0.39, 0.29) is 0 Å². The van der Waals surface area contributed by atoms with Crippen molar-refractivity contribution in [2.45, 2.75) is 38.6 Å². The Morgan fingerprint density at radius 3 is 2.13 bits per heavy atom. The zero-order chi connectivity index (χ0) is 10.5. The lowest BCUT2D eigenvalue weighted by Gasteiger charge is -2.27. The minimum absolute atomic E-state index is 0.587. The third kappa shape index (κ3) is 2.82. The maximum atomic E-state index is 2.63. The average molecular weight is 203 g/mol. The van der Waals surface area contributed by atoms with Gasteiger partial charge in [-0.3, -0.25) is 4.90 Å². The molecule has 0 spiro atoms. The van der Waals surface area contributed by atoms with Gasteiger partial charge in [0, 0.05) is 6.04 Å². The number of likely N-dealkylation sites (tertiary alicyclic amines) is 1. The lowest BCUT2D eigenvalue weighted by Crippen LogP contribution is -2.27. The first kappa shape index (κ1) is 10.7. The van der Waals surface area contributed by atoms with Crippen molar-refractivity contribution in [3.05, 3.63) is 35.9 Å². The summed E-state index contributed by atoms with van der Waals surface area (Å²) in [5.41, 5.74) is 1.46. The van der Waals surface area contributed by atoms with Gasteiger partial charge in [0.2, 0.25) is 0 Å². The van der Waals surface area contributed by atoms with Gasteiger partial charge in [0.05, 0.1) is 0 Å². The molecule has 1 aromatic carbocycles. The standard InChI is InChI=1S/C14H21N/c1-13(14-9-5-4-6-10-14)15-11-7-2-3-8-12-15/h4-6,9-10,13H,2-3,7-8,11-12H2,1H3. The molecule has 82 valence electrons. The van der Waals surface area contributed by atoms with E-state index in [1.54, 1.807) is 0 Å². The van der Waals surface area contributed by atoms with Gasteiger partial charge in [-0.25, -0.2) is 0 Å². The van der Waals surface area contributed by atoms with Crippen molar-refractivity contribution in [2.24, 2.45) is 0 Å². The van der Waals surface area contributed by atoms with Crippen LogP contribution in [0.3, 0.4) is 0 Å². The third-order valence-corrected chi connectivity index (χ3v) is 3.47. The van der Waals surface area contributed by atoms with Crippen LogP contribution in [0.25, 0.3) is 0 Å². The summed E-state index contributed by atoms with van der Waals surface area (Å²) in [7, 11) is 0. The van der Waals surface area contributed by atoms with Crippen LogP contribution in [0.2, 0.25) is 0 Å². The van der Waals surface area contributed by atoms with Gasteiger partial charge in [-0.05, 0) is 38.4 Å². The van der Waals surface area contributed by atoms with Crippen LogP contribution in [0.4, 0.5) is 0 Å². The Bertz CT molecular complexity index is 273. The predicted molar refractivity (Wildman–Crippen MR) is 64.9 cm³/mol. The third-order valence-electron chi connectivity index (χ3n) is 3.47. The second kappa shape index (κ2) is 5.32. The Kier molecular flexibility index (Phi) is 3.79. The van der Waals surface area contributed by atoms with Crippen molar-refractivity contribution in [2.75, 3.05) is 13.1 Å². The lowest BCUT2D eigenvalue weighted by atomic mass is 10.1. The fourth-order valence-corrected chi connectivity index (χ4v) is 2.42. The molecule has 0 N–H and O–H groups in total. The summed E-state index contributed by atoms with van der Waals surface area (Å²) < 4.78 is 0. The number of hydrogen-bond acceptors (Lipinski definition) is 1. The summed E-state index contributed by atoms with van der Waals surface area (Å²) in [5, 5.41) is 0. The summed E-state index contributed by atoms with van der Waals surface area (Å²) in [5.74, 6) is 0. The Hall–Kier alpha value is -0.820. The van der Waals surface area contributed by atoms with E-state index in [4.69, 9.17) is 0 Å². The zero-order valence-corrected chi connectivity index (χ0v) is 9.65. The fourth-order valence-electron chi connectivity index (χ4n) is 2.42. The maximum Gasteiger partial charge on any atom is 0.0319 e. The van der Waals surface area contributed by atoms with Gasteiger partial charge in [0.1, 0.15) is 0 Å². The minimum Gasteiger partial charge on any atom is -0.297 e. The highest BCUT2D eigenvalue weighted by Crippen LogP contribution is 2.23. The first-order chi connectivity index (χ1) is 7.38. The Morgan fingerprint density at radius 1 is 0.933 bits per heavy atom. The second-order valence-electron chi connectivity index (χ2n) is 4.54. The van der Waals surface area contributed by atoms with E-state index in [1.807, 2.05) is 0 Å². The monoisotopic (exact) mass is 203 g/mol. The molecule has 0 amide bonds. The van der Waals surface area contributed by atoms with Crippen LogP contribution in [0.15, 0.2) is 30.3 Å². The van der Waals surface area contributed by atoms with Crippen LogP contribution in [-0.4, -0.2) is 18.0 Å². The molecule has 1 saturated heterocycles. The molecule has 0 aliphatic carbocycles. The molecule has 1 nitrogen and oxygen atoms in total. The van der Waals surface area contributed by atoms with Crippen LogP contribution in [0, 0.1) is 0 Å². The Labute approximate surface area is 93.1 Å². The quantitative estimate of drug-likeness (QED) is 0.709. The summed E-state index contributed by atoms with van der Waals surface area (Å²) in [6.07, 6.45) is 5.57. The van der Waals surface area contributed by atoms with E-state index in [2.05, 4.69) is 42.2 Å². The highest BCUT2D eigenvalue weighted by molar-refractivity contribution is 5.18. The number of rotatable bonds is 2. The SMILES string of the molecule is CC(c1ccccc1)N1CCCCCC1. The molecule has 1 fully saturated rings. The van der Waals surface area contributed by atoms with Crippen LogP contribution in [0.5, 0.6) is 0 Å². The van der Waals surface area contributed by atoms with Crippen LogP contribution in [0.1, 0.15) is 44.2 Å². The molecular formula is C14H21N. The van der Waals surface area contributed by atoms with Crippen molar-refractivity contribution >= 4 is 0 Å². The van der Waals surface area contributed by atoms with E-state index in [0.29, 0.717) is 6.04 Å². The van der Waals surface area contributed by atoms with Crippen molar-refractivity contribution in [1.29, 1.82) is 0 Å². The van der Waals surface area contributed by atoms with Crippen LogP contribution < -0.4 is 0 Å². The van der Waals surface area contributed by atoms with E-state index in [9.17, 15) is 0 Å². The molecule has 1 heterocycles. The summed E-state index contributed by atoms with van der Waals surface area (Å²) in [4.78, 5) is 2.63. The van der Waals surface area contributed by atoms with Gasteiger partial charge in [-0.15, -0.1) is 0 Å². The van der Waals surface area contributed by atoms with Gasteiger partial charge < -0.3 is 0 Å². The molecule has 1 heteroatoms. The molecule has 0 aromatic heterocycles. The first-order valence-corrected chi connectivity index (χ1v) is 6.17. The van der Waals surface area contributed by atoms with Crippen molar-refractivity contribution in [3.63, 3.8) is 0 Å². The van der Waals surface area contributed by atoms with Gasteiger partial charge in [-0.1, -0.05) is 43.2 Å². The van der Waals surface area contributed by atoms with Gasteiger partial charge >= 0.3 is 0 Å². The van der Waals surface area contributed by atoms with Crippen molar-refractivity contribution < 1.29 is 0 Å². The molecule has 1 atom stereocenters. The largest absolute Gasteiger partial charge is 0.297 e. The molecule has 15 heavy (non-hydrogen) atoms. The molecule has 0 saturated carbocycles. The average Bonchev–Trinajstić information content (AvgIpc) is 2.58.